The Bertz CT molecular complexity index is 771. The lowest BCUT2D eigenvalue weighted by atomic mass is 10.1. The summed E-state index contributed by atoms with van der Waals surface area (Å²) in [5.74, 6) is -0.525. The summed E-state index contributed by atoms with van der Waals surface area (Å²) < 4.78 is 43.8. The van der Waals surface area contributed by atoms with Crippen LogP contribution in [0.1, 0.15) is 18.1 Å². The van der Waals surface area contributed by atoms with Crippen LogP contribution in [0.25, 0.3) is 6.08 Å². The smallest absolute Gasteiger partial charge is 0.416 e. The topological polar surface area (TPSA) is 26.3 Å². The van der Waals surface area contributed by atoms with Crippen molar-refractivity contribution in [3.05, 3.63) is 69.0 Å². The third kappa shape index (κ3) is 5.64. The maximum atomic E-state index is 12.6. The molecule has 2 aromatic carbocycles. The van der Waals surface area contributed by atoms with Gasteiger partial charge in [0, 0.05) is 9.37 Å². The molecule has 2 aromatic rings. The zero-order valence-electron chi connectivity index (χ0n) is 13.1. The van der Waals surface area contributed by atoms with Crippen molar-refractivity contribution in [2.24, 2.45) is 0 Å². The number of hydrogen-bond donors (Lipinski definition) is 0. The molecule has 0 N–H and O–H groups in total. The van der Waals surface area contributed by atoms with Crippen LogP contribution in [0.15, 0.2) is 62.8 Å². The molecule has 0 aliphatic carbocycles. The van der Waals surface area contributed by atoms with Crippen LogP contribution in [-0.4, -0.2) is 12.6 Å². The van der Waals surface area contributed by atoms with E-state index in [1.165, 1.54) is 30.0 Å². The number of halogens is 4. The third-order valence-electron chi connectivity index (χ3n) is 3.07. The first-order valence-corrected chi connectivity index (χ1v) is 8.90. The Balaban J connectivity index is 2.33. The second-order valence-electron chi connectivity index (χ2n) is 4.88. The van der Waals surface area contributed by atoms with Gasteiger partial charge in [0.15, 0.2) is 0 Å². The number of thioether (sulfide) groups is 1. The standard InChI is InChI=1S/C18H14BrF3O2S/c1-2-24-17(23)16(25-15-6-4-3-5-14(15)19)11-12-7-9-13(10-8-12)18(20,21)22/h3-11H,2H2,1H3/b16-11-. The fourth-order valence-electron chi connectivity index (χ4n) is 1.90. The number of carbonyl (C=O) groups is 1. The monoisotopic (exact) mass is 430 g/mol. The molecule has 0 unspecified atom stereocenters. The van der Waals surface area contributed by atoms with E-state index in [1.807, 2.05) is 24.3 Å². The van der Waals surface area contributed by atoms with Gasteiger partial charge in [-0.15, -0.1) is 0 Å². The van der Waals surface area contributed by atoms with Crippen LogP contribution in [-0.2, 0) is 15.7 Å². The van der Waals surface area contributed by atoms with Gasteiger partial charge in [0.2, 0.25) is 0 Å². The molecule has 0 aliphatic rings. The van der Waals surface area contributed by atoms with Gasteiger partial charge in [-0.05, 0) is 58.8 Å². The highest BCUT2D eigenvalue weighted by atomic mass is 79.9. The van der Waals surface area contributed by atoms with Crippen LogP contribution >= 0.6 is 27.7 Å². The molecule has 0 atom stereocenters. The Labute approximate surface area is 156 Å². The van der Waals surface area contributed by atoms with Gasteiger partial charge in [0.05, 0.1) is 17.1 Å². The SMILES string of the molecule is CCOC(=O)/C(=C/c1ccc(C(F)(F)F)cc1)Sc1ccccc1Br. The Kier molecular flexibility index (Phi) is 6.72. The van der Waals surface area contributed by atoms with E-state index in [2.05, 4.69) is 15.9 Å². The quantitative estimate of drug-likeness (QED) is 0.322. The van der Waals surface area contributed by atoms with Crippen molar-refractivity contribution < 1.29 is 22.7 Å². The van der Waals surface area contributed by atoms with E-state index >= 15 is 0 Å². The normalized spacial score (nSPS) is 12.1. The summed E-state index contributed by atoms with van der Waals surface area (Å²) in [4.78, 5) is 13.3. The molecule has 132 valence electrons. The molecule has 0 amide bonds. The lowest BCUT2D eigenvalue weighted by Crippen LogP contribution is -2.06. The number of carbonyl (C=O) groups excluding carboxylic acids is 1. The largest absolute Gasteiger partial charge is 0.462 e. The minimum absolute atomic E-state index is 0.208. The molecular weight excluding hydrogens is 417 g/mol. The van der Waals surface area contributed by atoms with E-state index in [0.29, 0.717) is 5.56 Å². The molecule has 7 heteroatoms. The van der Waals surface area contributed by atoms with E-state index in [1.54, 1.807) is 6.92 Å². The Morgan fingerprint density at radius 1 is 1.16 bits per heavy atom. The Morgan fingerprint density at radius 3 is 2.36 bits per heavy atom. The van der Waals surface area contributed by atoms with Crippen LogP contribution in [0.2, 0.25) is 0 Å². The predicted molar refractivity (Wildman–Crippen MR) is 96.1 cm³/mol. The van der Waals surface area contributed by atoms with Crippen molar-refractivity contribution in [3.63, 3.8) is 0 Å². The second kappa shape index (κ2) is 8.58. The highest BCUT2D eigenvalue weighted by Crippen LogP contribution is 2.35. The van der Waals surface area contributed by atoms with Crippen LogP contribution in [0.3, 0.4) is 0 Å². The van der Waals surface area contributed by atoms with Crippen LogP contribution in [0, 0.1) is 0 Å². The Morgan fingerprint density at radius 2 is 1.80 bits per heavy atom. The minimum atomic E-state index is -4.39. The molecule has 0 bridgehead atoms. The summed E-state index contributed by atoms with van der Waals surface area (Å²) in [5.41, 5.74) is -0.253. The van der Waals surface area contributed by atoms with E-state index in [9.17, 15) is 18.0 Å². The van der Waals surface area contributed by atoms with E-state index in [-0.39, 0.29) is 11.5 Å². The van der Waals surface area contributed by atoms with Gasteiger partial charge in [-0.2, -0.15) is 13.2 Å². The van der Waals surface area contributed by atoms with E-state index in [0.717, 1.165) is 21.5 Å². The van der Waals surface area contributed by atoms with Gasteiger partial charge in [-0.3, -0.25) is 0 Å². The predicted octanol–water partition coefficient (Wildman–Crippen LogP) is 6.16. The van der Waals surface area contributed by atoms with Crippen molar-refractivity contribution in [2.75, 3.05) is 6.61 Å². The zero-order chi connectivity index (χ0) is 18.4. The van der Waals surface area contributed by atoms with Gasteiger partial charge in [0.1, 0.15) is 0 Å². The van der Waals surface area contributed by atoms with Gasteiger partial charge in [0.25, 0.3) is 0 Å². The van der Waals surface area contributed by atoms with Crippen LogP contribution in [0.5, 0.6) is 0 Å². The maximum absolute atomic E-state index is 12.6. The summed E-state index contributed by atoms with van der Waals surface area (Å²) in [6, 6.07) is 11.9. The fourth-order valence-corrected chi connectivity index (χ4v) is 3.31. The molecule has 2 rings (SSSR count). The molecule has 0 heterocycles. The number of alkyl halides is 3. The molecule has 0 saturated carbocycles. The minimum Gasteiger partial charge on any atom is -0.462 e. The molecule has 25 heavy (non-hydrogen) atoms. The average Bonchev–Trinajstić information content (AvgIpc) is 2.56. The van der Waals surface area contributed by atoms with Crippen LogP contribution < -0.4 is 0 Å². The summed E-state index contributed by atoms with van der Waals surface area (Å²) in [6.07, 6.45) is -2.88. The first kappa shape index (κ1) is 19.6. The highest BCUT2D eigenvalue weighted by molar-refractivity contribution is 9.10. The van der Waals surface area contributed by atoms with Crippen molar-refractivity contribution >= 4 is 39.7 Å². The molecule has 0 aromatic heterocycles. The van der Waals surface area contributed by atoms with Gasteiger partial charge < -0.3 is 4.74 Å². The van der Waals surface area contributed by atoms with E-state index in [4.69, 9.17) is 4.74 Å². The highest BCUT2D eigenvalue weighted by Gasteiger charge is 2.29. The average molecular weight is 431 g/mol. The van der Waals surface area contributed by atoms with Crippen molar-refractivity contribution in [2.45, 2.75) is 18.0 Å². The van der Waals surface area contributed by atoms with Crippen molar-refractivity contribution in [1.82, 2.24) is 0 Å². The lowest BCUT2D eigenvalue weighted by Gasteiger charge is -2.09. The third-order valence-corrected chi connectivity index (χ3v) is 5.10. The molecule has 0 fully saturated rings. The van der Waals surface area contributed by atoms with Gasteiger partial charge in [-0.1, -0.05) is 36.0 Å². The molecular formula is C18H14BrF3O2S. The Hall–Kier alpha value is -1.73. The summed E-state index contributed by atoms with van der Waals surface area (Å²) >= 11 is 4.59. The van der Waals surface area contributed by atoms with E-state index < -0.39 is 17.7 Å². The second-order valence-corrected chi connectivity index (χ2v) is 6.82. The van der Waals surface area contributed by atoms with Crippen molar-refractivity contribution in [1.29, 1.82) is 0 Å². The molecule has 2 nitrogen and oxygen atoms in total. The number of esters is 1. The lowest BCUT2D eigenvalue weighted by molar-refractivity contribution is -0.138. The summed E-state index contributed by atoms with van der Waals surface area (Å²) in [7, 11) is 0. The van der Waals surface area contributed by atoms with Gasteiger partial charge in [-0.25, -0.2) is 4.79 Å². The number of hydrogen-bond acceptors (Lipinski definition) is 3. The van der Waals surface area contributed by atoms with Crippen molar-refractivity contribution in [3.8, 4) is 0 Å². The number of ether oxygens (including phenoxy) is 1. The number of rotatable bonds is 5. The molecule has 0 radical (unpaired) electrons. The first-order valence-electron chi connectivity index (χ1n) is 7.29. The maximum Gasteiger partial charge on any atom is 0.416 e. The zero-order valence-corrected chi connectivity index (χ0v) is 15.5. The molecule has 0 saturated heterocycles. The van der Waals surface area contributed by atoms with Crippen LogP contribution in [0.4, 0.5) is 13.2 Å². The summed E-state index contributed by atoms with van der Waals surface area (Å²) in [6.45, 7) is 1.90. The number of benzene rings is 2. The molecule has 0 aliphatic heterocycles. The fraction of sp³-hybridized carbons (Fsp3) is 0.167. The first-order chi connectivity index (χ1) is 11.8. The van der Waals surface area contributed by atoms with Gasteiger partial charge >= 0.3 is 12.1 Å². The summed E-state index contributed by atoms with van der Waals surface area (Å²) in [5, 5.41) is 0. The molecule has 0 spiro atoms.